The Hall–Kier alpha value is -1.98. The third kappa shape index (κ3) is 1.41. The van der Waals surface area contributed by atoms with Crippen LogP contribution < -0.4 is 4.74 Å². The first-order valence-corrected chi connectivity index (χ1v) is 3.50. The molecule has 1 aromatic carbocycles. The van der Waals surface area contributed by atoms with Crippen molar-refractivity contribution < 1.29 is 29.2 Å². The lowest BCUT2D eigenvalue weighted by Crippen LogP contribution is -2.03. The van der Waals surface area contributed by atoms with Gasteiger partial charge in [0.05, 0.1) is 7.11 Å². The molecular formula is C8H7FO5. The van der Waals surface area contributed by atoms with Crippen molar-refractivity contribution >= 4 is 5.97 Å². The van der Waals surface area contributed by atoms with E-state index < -0.39 is 34.6 Å². The van der Waals surface area contributed by atoms with Crippen molar-refractivity contribution in [3.05, 3.63) is 17.4 Å². The largest absolute Gasteiger partial charge is 0.504 e. The van der Waals surface area contributed by atoms with Crippen LogP contribution in [0.1, 0.15) is 10.4 Å². The molecule has 0 aliphatic carbocycles. The van der Waals surface area contributed by atoms with Crippen LogP contribution in [0.2, 0.25) is 0 Å². The lowest BCUT2D eigenvalue weighted by atomic mass is 10.1. The predicted molar refractivity (Wildman–Crippen MR) is 43.2 cm³/mol. The molecule has 6 heteroatoms. The fraction of sp³-hybridized carbons (Fsp3) is 0.125. The van der Waals surface area contributed by atoms with E-state index in [1.54, 1.807) is 0 Å². The summed E-state index contributed by atoms with van der Waals surface area (Å²) in [7, 11) is 1.11. The number of hydrogen-bond donors (Lipinski definition) is 3. The van der Waals surface area contributed by atoms with Crippen LogP contribution in [0, 0.1) is 5.82 Å². The molecule has 0 heterocycles. The summed E-state index contributed by atoms with van der Waals surface area (Å²) in [6.45, 7) is 0. The molecule has 0 fully saturated rings. The van der Waals surface area contributed by atoms with E-state index in [1.807, 2.05) is 0 Å². The predicted octanol–water partition coefficient (Wildman–Crippen LogP) is 0.944. The third-order valence-electron chi connectivity index (χ3n) is 1.62. The number of rotatable bonds is 2. The Kier molecular flexibility index (Phi) is 2.46. The molecule has 0 aromatic heterocycles. The van der Waals surface area contributed by atoms with Crippen molar-refractivity contribution in [2.24, 2.45) is 0 Å². The van der Waals surface area contributed by atoms with Gasteiger partial charge in [0.1, 0.15) is 5.56 Å². The van der Waals surface area contributed by atoms with E-state index in [0.29, 0.717) is 0 Å². The maximum absolute atomic E-state index is 13.2. The van der Waals surface area contributed by atoms with Crippen LogP contribution >= 0.6 is 0 Å². The first-order valence-electron chi connectivity index (χ1n) is 3.50. The van der Waals surface area contributed by atoms with Gasteiger partial charge in [-0.05, 0) is 0 Å². The summed E-state index contributed by atoms with van der Waals surface area (Å²) in [5.41, 5.74) is -1.01. The number of hydrogen-bond acceptors (Lipinski definition) is 4. The molecule has 14 heavy (non-hydrogen) atoms. The lowest BCUT2D eigenvalue weighted by molar-refractivity contribution is 0.0686. The number of phenolic OH excluding ortho intramolecular Hbond substituents is 1. The smallest absolute Gasteiger partial charge is 0.342 e. The van der Waals surface area contributed by atoms with Gasteiger partial charge in [0.25, 0.3) is 0 Å². The fourth-order valence-corrected chi connectivity index (χ4v) is 0.955. The fourth-order valence-electron chi connectivity index (χ4n) is 0.955. The number of phenols is 2. The quantitative estimate of drug-likeness (QED) is 0.621. The number of methoxy groups -OCH3 is 1. The zero-order valence-electron chi connectivity index (χ0n) is 7.11. The minimum absolute atomic E-state index is 0.447. The molecule has 0 aliphatic heterocycles. The number of halogens is 1. The van der Waals surface area contributed by atoms with Gasteiger partial charge < -0.3 is 20.1 Å². The molecule has 0 aliphatic rings. The van der Waals surface area contributed by atoms with Gasteiger partial charge in [-0.25, -0.2) is 9.18 Å². The van der Waals surface area contributed by atoms with Crippen molar-refractivity contribution in [3.8, 4) is 17.2 Å². The average molecular weight is 202 g/mol. The molecule has 0 spiro atoms. The van der Waals surface area contributed by atoms with Crippen LogP contribution in [0.3, 0.4) is 0 Å². The van der Waals surface area contributed by atoms with Gasteiger partial charge in [0, 0.05) is 6.07 Å². The van der Waals surface area contributed by atoms with Crippen molar-refractivity contribution in [1.82, 2.24) is 0 Å². The van der Waals surface area contributed by atoms with Crippen molar-refractivity contribution in [1.29, 1.82) is 0 Å². The molecule has 1 rings (SSSR count). The maximum atomic E-state index is 13.2. The highest BCUT2D eigenvalue weighted by Crippen LogP contribution is 2.36. The average Bonchev–Trinajstić information content (AvgIpc) is 2.11. The molecule has 5 nitrogen and oxygen atoms in total. The highest BCUT2D eigenvalue weighted by molar-refractivity contribution is 5.92. The monoisotopic (exact) mass is 202 g/mol. The Morgan fingerprint density at radius 1 is 1.50 bits per heavy atom. The molecule has 0 unspecified atom stereocenters. The summed E-state index contributed by atoms with van der Waals surface area (Å²) >= 11 is 0. The van der Waals surface area contributed by atoms with E-state index in [1.165, 1.54) is 0 Å². The van der Waals surface area contributed by atoms with Crippen LogP contribution in [-0.4, -0.2) is 28.4 Å². The first-order chi connectivity index (χ1) is 6.49. The zero-order chi connectivity index (χ0) is 10.9. The van der Waals surface area contributed by atoms with Crippen LogP contribution in [0.4, 0.5) is 4.39 Å². The van der Waals surface area contributed by atoms with E-state index in [-0.39, 0.29) is 0 Å². The SMILES string of the molecule is COc1cc(O)c(O)c(C(=O)O)c1F. The summed E-state index contributed by atoms with van der Waals surface area (Å²) in [4.78, 5) is 10.5. The lowest BCUT2D eigenvalue weighted by Gasteiger charge is -2.07. The van der Waals surface area contributed by atoms with E-state index in [0.717, 1.165) is 13.2 Å². The molecule has 1 aromatic rings. The number of aromatic carboxylic acids is 1. The molecule has 0 saturated carbocycles. The number of carboxylic acids is 1. The highest BCUT2D eigenvalue weighted by Gasteiger charge is 2.23. The second-order valence-electron chi connectivity index (χ2n) is 2.44. The normalized spacial score (nSPS) is 9.86. The van der Waals surface area contributed by atoms with Gasteiger partial charge in [-0.2, -0.15) is 0 Å². The molecule has 0 amide bonds. The number of carboxylic acid groups (broad SMARTS) is 1. The number of ether oxygens (including phenoxy) is 1. The van der Waals surface area contributed by atoms with E-state index in [2.05, 4.69) is 4.74 Å². The summed E-state index contributed by atoms with van der Waals surface area (Å²) in [6.07, 6.45) is 0. The first kappa shape index (κ1) is 10.1. The number of aromatic hydroxyl groups is 2. The topological polar surface area (TPSA) is 87.0 Å². The molecule has 0 radical (unpaired) electrons. The maximum Gasteiger partial charge on any atom is 0.342 e. The van der Waals surface area contributed by atoms with Crippen molar-refractivity contribution in [2.75, 3.05) is 7.11 Å². The summed E-state index contributed by atoms with van der Waals surface area (Å²) in [6, 6.07) is 0.789. The van der Waals surface area contributed by atoms with E-state index >= 15 is 0 Å². The molecule has 0 saturated heterocycles. The van der Waals surface area contributed by atoms with Gasteiger partial charge in [0.2, 0.25) is 0 Å². The Balaban J connectivity index is 3.53. The van der Waals surface area contributed by atoms with Gasteiger partial charge in [-0.3, -0.25) is 0 Å². The highest BCUT2D eigenvalue weighted by atomic mass is 19.1. The van der Waals surface area contributed by atoms with E-state index in [4.69, 9.17) is 15.3 Å². The third-order valence-corrected chi connectivity index (χ3v) is 1.62. The van der Waals surface area contributed by atoms with Gasteiger partial charge in [-0.1, -0.05) is 0 Å². The Morgan fingerprint density at radius 2 is 2.07 bits per heavy atom. The standard InChI is InChI=1S/C8H7FO5/c1-14-4-2-3(10)7(11)5(6(4)9)8(12)13/h2,10-11H,1H3,(H,12,13). The molecule has 0 atom stereocenters. The van der Waals surface area contributed by atoms with Crippen LogP contribution in [-0.2, 0) is 0 Å². The molecule has 3 N–H and O–H groups in total. The Morgan fingerprint density at radius 3 is 2.50 bits per heavy atom. The minimum atomic E-state index is -1.69. The van der Waals surface area contributed by atoms with Crippen molar-refractivity contribution in [2.45, 2.75) is 0 Å². The van der Waals surface area contributed by atoms with Crippen LogP contribution in [0.25, 0.3) is 0 Å². The summed E-state index contributed by atoms with van der Waals surface area (Å²) in [5, 5.41) is 26.6. The molecular weight excluding hydrogens is 195 g/mol. The van der Waals surface area contributed by atoms with Gasteiger partial charge in [0.15, 0.2) is 23.1 Å². The Labute approximate surface area is 78.0 Å². The van der Waals surface area contributed by atoms with E-state index in [9.17, 15) is 9.18 Å². The van der Waals surface area contributed by atoms with Crippen LogP contribution in [0.5, 0.6) is 17.2 Å². The second kappa shape index (κ2) is 3.41. The second-order valence-corrected chi connectivity index (χ2v) is 2.44. The van der Waals surface area contributed by atoms with Crippen LogP contribution in [0.15, 0.2) is 6.07 Å². The number of carbonyl (C=O) groups is 1. The van der Waals surface area contributed by atoms with Crippen molar-refractivity contribution in [3.63, 3.8) is 0 Å². The Bertz CT molecular complexity index is 388. The van der Waals surface area contributed by atoms with Gasteiger partial charge >= 0.3 is 5.97 Å². The molecule has 0 bridgehead atoms. The number of benzene rings is 1. The summed E-state index contributed by atoms with van der Waals surface area (Å²) < 4.78 is 17.6. The zero-order valence-corrected chi connectivity index (χ0v) is 7.11. The summed E-state index contributed by atoms with van der Waals surface area (Å²) in [5.74, 6) is -5.13. The van der Waals surface area contributed by atoms with Gasteiger partial charge in [-0.15, -0.1) is 0 Å². The molecule has 76 valence electrons. The minimum Gasteiger partial charge on any atom is -0.504 e.